The molecule has 0 atom stereocenters. The van der Waals surface area contributed by atoms with E-state index < -0.39 is 0 Å². The van der Waals surface area contributed by atoms with Crippen LogP contribution >= 0.6 is 0 Å². The fourth-order valence-electron chi connectivity index (χ4n) is 3.85. The summed E-state index contributed by atoms with van der Waals surface area (Å²) >= 11 is 0. The molecular formula is C22H21N7O. The lowest BCUT2D eigenvalue weighted by molar-refractivity contribution is 0.416. The highest BCUT2D eigenvalue weighted by atomic mass is 16.5. The van der Waals surface area contributed by atoms with E-state index in [9.17, 15) is 0 Å². The summed E-state index contributed by atoms with van der Waals surface area (Å²) in [6.07, 6.45) is 3.20. The number of imidazole rings is 1. The lowest BCUT2D eigenvalue weighted by Crippen LogP contribution is -2.02. The average Bonchev–Trinajstić information content (AvgIpc) is 3.38. The molecule has 8 heteroatoms. The summed E-state index contributed by atoms with van der Waals surface area (Å²) in [5.74, 6) is 1.20. The van der Waals surface area contributed by atoms with E-state index in [-0.39, 0.29) is 0 Å². The van der Waals surface area contributed by atoms with Gasteiger partial charge in [0.15, 0.2) is 11.5 Å². The van der Waals surface area contributed by atoms with Crippen molar-refractivity contribution in [3.8, 4) is 16.9 Å². The lowest BCUT2D eigenvalue weighted by Gasteiger charge is -2.12. The first-order chi connectivity index (χ1) is 14.7. The van der Waals surface area contributed by atoms with Crippen LogP contribution in [0.25, 0.3) is 33.2 Å². The maximum atomic E-state index is 5.95. The van der Waals surface area contributed by atoms with Crippen molar-refractivity contribution < 1.29 is 4.74 Å². The molecule has 0 bridgehead atoms. The zero-order chi connectivity index (χ0) is 20.7. The summed E-state index contributed by atoms with van der Waals surface area (Å²) in [5.41, 5.74) is 18.3. The molecule has 0 unspecified atom stereocenters. The van der Waals surface area contributed by atoms with Gasteiger partial charge in [-0.15, -0.1) is 0 Å². The van der Waals surface area contributed by atoms with Crippen LogP contribution in [0.15, 0.2) is 55.1 Å². The summed E-state index contributed by atoms with van der Waals surface area (Å²) in [6.45, 7) is 1.01. The highest BCUT2D eigenvalue weighted by Gasteiger charge is 2.14. The van der Waals surface area contributed by atoms with Crippen LogP contribution in [0.5, 0.6) is 5.75 Å². The van der Waals surface area contributed by atoms with Crippen molar-refractivity contribution in [2.75, 3.05) is 12.8 Å². The minimum Gasteiger partial charge on any atom is -0.496 e. The first-order valence-electron chi connectivity index (χ1n) is 9.57. The van der Waals surface area contributed by atoms with Gasteiger partial charge in [-0.25, -0.2) is 15.0 Å². The normalized spacial score (nSPS) is 11.4. The number of benzene rings is 2. The van der Waals surface area contributed by atoms with E-state index in [1.54, 1.807) is 13.4 Å². The van der Waals surface area contributed by atoms with Crippen molar-refractivity contribution in [2.24, 2.45) is 5.73 Å². The van der Waals surface area contributed by atoms with E-state index in [0.717, 1.165) is 39.0 Å². The number of para-hydroxylation sites is 1. The Morgan fingerprint density at radius 2 is 1.97 bits per heavy atom. The van der Waals surface area contributed by atoms with Crippen LogP contribution in [0.4, 0.5) is 5.82 Å². The maximum absolute atomic E-state index is 5.95. The van der Waals surface area contributed by atoms with Crippen molar-refractivity contribution in [1.82, 2.24) is 24.5 Å². The summed E-state index contributed by atoms with van der Waals surface area (Å²) in [5, 5.41) is 1.09. The van der Waals surface area contributed by atoms with Gasteiger partial charge in [0.2, 0.25) is 0 Å². The Bertz CT molecular complexity index is 1370. The quantitative estimate of drug-likeness (QED) is 0.418. The minimum absolute atomic E-state index is 0.372. The molecule has 5 N–H and O–H groups in total. The minimum atomic E-state index is 0.372. The Balaban J connectivity index is 1.69. The number of nitrogen functional groups attached to an aromatic ring is 1. The van der Waals surface area contributed by atoms with Gasteiger partial charge in [-0.3, -0.25) is 0 Å². The van der Waals surface area contributed by atoms with Crippen molar-refractivity contribution >= 4 is 27.9 Å². The van der Waals surface area contributed by atoms with Crippen molar-refractivity contribution in [3.63, 3.8) is 0 Å². The molecule has 2 aromatic carbocycles. The van der Waals surface area contributed by atoms with Crippen LogP contribution in [-0.4, -0.2) is 31.6 Å². The number of rotatable bonds is 5. The molecule has 0 amide bonds. The second kappa shape index (κ2) is 7.16. The summed E-state index contributed by atoms with van der Waals surface area (Å²) in [7, 11) is 1.68. The monoisotopic (exact) mass is 399 g/mol. The number of fused-ring (bicyclic) bond motifs is 2. The van der Waals surface area contributed by atoms with Crippen LogP contribution in [0, 0.1) is 0 Å². The molecule has 3 aromatic heterocycles. The van der Waals surface area contributed by atoms with Gasteiger partial charge < -0.3 is 25.8 Å². The number of ether oxygens (including phenoxy) is 1. The highest BCUT2D eigenvalue weighted by molar-refractivity contribution is 5.90. The van der Waals surface area contributed by atoms with Crippen LogP contribution in [0.1, 0.15) is 11.3 Å². The van der Waals surface area contributed by atoms with Crippen LogP contribution in [-0.2, 0) is 13.1 Å². The third-order valence-electron chi connectivity index (χ3n) is 5.27. The molecule has 0 radical (unpaired) electrons. The Hall–Kier alpha value is -3.91. The molecule has 0 aliphatic rings. The number of aromatic nitrogens is 5. The fraction of sp³-hybridized carbons (Fsp3) is 0.136. The molecule has 8 nitrogen and oxygen atoms in total. The number of hydrogen-bond acceptors (Lipinski definition) is 6. The first-order valence-corrected chi connectivity index (χ1v) is 9.57. The predicted octanol–water partition coefficient (Wildman–Crippen LogP) is 3.07. The summed E-state index contributed by atoms with van der Waals surface area (Å²) < 4.78 is 7.55. The van der Waals surface area contributed by atoms with Crippen molar-refractivity contribution in [2.45, 2.75) is 13.1 Å². The molecule has 30 heavy (non-hydrogen) atoms. The highest BCUT2D eigenvalue weighted by Crippen LogP contribution is 2.34. The van der Waals surface area contributed by atoms with E-state index in [0.29, 0.717) is 30.1 Å². The summed E-state index contributed by atoms with van der Waals surface area (Å²) in [6, 6.07) is 14.4. The summed E-state index contributed by atoms with van der Waals surface area (Å²) in [4.78, 5) is 16.2. The third-order valence-corrected chi connectivity index (χ3v) is 5.27. The van der Waals surface area contributed by atoms with E-state index in [4.69, 9.17) is 16.2 Å². The van der Waals surface area contributed by atoms with E-state index in [1.807, 2.05) is 22.8 Å². The number of aromatic amines is 1. The topological polar surface area (TPSA) is 121 Å². The van der Waals surface area contributed by atoms with Gasteiger partial charge in [0, 0.05) is 23.2 Å². The number of nitrogens with two attached hydrogens (primary N) is 2. The molecule has 0 aliphatic heterocycles. The average molecular weight is 399 g/mol. The first kappa shape index (κ1) is 18.1. The van der Waals surface area contributed by atoms with Gasteiger partial charge in [-0.05, 0) is 35.4 Å². The molecule has 0 spiro atoms. The molecule has 5 rings (SSSR count). The molecule has 0 saturated carbocycles. The van der Waals surface area contributed by atoms with Crippen molar-refractivity contribution in [1.29, 1.82) is 0 Å². The Morgan fingerprint density at radius 1 is 1.10 bits per heavy atom. The van der Waals surface area contributed by atoms with E-state index in [1.165, 1.54) is 6.33 Å². The molecule has 3 heterocycles. The van der Waals surface area contributed by atoms with Crippen molar-refractivity contribution in [3.05, 3.63) is 66.4 Å². The Morgan fingerprint density at radius 3 is 2.80 bits per heavy atom. The zero-order valence-corrected chi connectivity index (χ0v) is 16.5. The number of anilines is 1. The molecule has 0 aliphatic carbocycles. The van der Waals surface area contributed by atoms with E-state index >= 15 is 0 Å². The number of H-pyrrole nitrogens is 1. The van der Waals surface area contributed by atoms with Gasteiger partial charge in [0.1, 0.15) is 17.6 Å². The molecule has 5 aromatic rings. The number of nitrogens with zero attached hydrogens (tertiary/aromatic N) is 4. The number of methoxy groups -OCH3 is 1. The largest absolute Gasteiger partial charge is 0.496 e. The molecule has 0 fully saturated rings. The van der Waals surface area contributed by atoms with Crippen LogP contribution < -0.4 is 16.2 Å². The third kappa shape index (κ3) is 2.94. The van der Waals surface area contributed by atoms with Gasteiger partial charge >= 0.3 is 0 Å². The second-order valence-corrected chi connectivity index (χ2v) is 7.10. The van der Waals surface area contributed by atoms with Gasteiger partial charge in [-0.2, -0.15) is 0 Å². The second-order valence-electron chi connectivity index (χ2n) is 7.10. The Kier molecular flexibility index (Phi) is 4.33. The Labute approximate surface area is 172 Å². The zero-order valence-electron chi connectivity index (χ0n) is 16.5. The SMILES string of the molecule is COc1ccccc1-c1cc(Cn2cnc3c(N)ncnc32)c2[nH]c(CN)cc2c1. The van der Waals surface area contributed by atoms with Gasteiger partial charge in [0.05, 0.1) is 25.5 Å². The predicted molar refractivity (Wildman–Crippen MR) is 117 cm³/mol. The fourth-order valence-corrected chi connectivity index (χ4v) is 3.85. The molecular weight excluding hydrogens is 378 g/mol. The van der Waals surface area contributed by atoms with Gasteiger partial charge in [-0.1, -0.05) is 18.2 Å². The van der Waals surface area contributed by atoms with Gasteiger partial charge in [0.25, 0.3) is 0 Å². The lowest BCUT2D eigenvalue weighted by atomic mass is 9.99. The number of nitrogens with one attached hydrogen (secondary N) is 1. The molecule has 150 valence electrons. The standard InChI is InChI=1S/C22H21N7O/c1-30-18-5-3-2-4-17(18)13-6-14-8-16(9-23)28-19(14)15(7-13)10-29-12-27-20-21(24)25-11-26-22(20)29/h2-8,11-12,28H,9-10,23H2,1H3,(H2,24,25,26). The number of hydrogen-bond donors (Lipinski definition) is 3. The molecule has 0 saturated heterocycles. The van der Waals surface area contributed by atoms with Crippen LogP contribution in [0.2, 0.25) is 0 Å². The smallest absolute Gasteiger partial charge is 0.165 e. The van der Waals surface area contributed by atoms with Crippen LogP contribution in [0.3, 0.4) is 0 Å². The maximum Gasteiger partial charge on any atom is 0.165 e. The van der Waals surface area contributed by atoms with E-state index in [2.05, 4.69) is 44.2 Å².